The number of aliphatic hydroxyl groups excluding tert-OH is 6. The van der Waals surface area contributed by atoms with Crippen LogP contribution in [0.15, 0.2) is 72.9 Å². The number of hydrogen-bond acceptors (Lipinski definition) is 16. The first-order valence-electron chi connectivity index (χ1n) is 24.6. The number of carbonyl (C=O) groups is 3. The maximum Gasteiger partial charge on any atom is 0.472 e. The van der Waals surface area contributed by atoms with E-state index in [1.807, 2.05) is 6.92 Å². The molecule has 21 heteroatoms. The number of cyclic esters (lactones) is 1. The molecule has 19 nitrogen and oxygen atoms in total. The number of Topliss-reactive ketones (excluding diaryl/α,β-unsaturated/α-hetero) is 1. The van der Waals surface area contributed by atoms with Crippen LogP contribution in [-0.2, 0) is 46.6 Å². The molecule has 2 bridgehead atoms. The molecule has 1 fully saturated rings. The Morgan fingerprint density at radius 1 is 0.843 bits per heavy atom. The zero-order valence-corrected chi connectivity index (χ0v) is 42.4. The van der Waals surface area contributed by atoms with Crippen LogP contribution < -0.4 is 0 Å². The number of phosphoric ester groups is 2. The average Bonchev–Trinajstić information content (AvgIpc) is 3.30. The molecule has 0 aromatic carbocycles. The summed E-state index contributed by atoms with van der Waals surface area (Å²) in [5, 5.41) is 68.1. The molecule has 9 N–H and O–H groups in total. The van der Waals surface area contributed by atoms with Gasteiger partial charge in [-0.25, -0.2) is 9.13 Å². The lowest BCUT2D eigenvalue weighted by atomic mass is 9.83. The molecule has 1 heterocycles. The van der Waals surface area contributed by atoms with Gasteiger partial charge in [0.1, 0.15) is 36.8 Å². The molecular weight excluding hydrogens is 954 g/mol. The van der Waals surface area contributed by atoms with Gasteiger partial charge in [0.05, 0.1) is 36.9 Å². The fraction of sp³-hybridized carbons (Fsp3) is 0.694. The van der Waals surface area contributed by atoms with Crippen LogP contribution in [0, 0.1) is 11.8 Å². The molecule has 0 saturated heterocycles. The number of rotatable bonds is 23. The van der Waals surface area contributed by atoms with Crippen molar-refractivity contribution in [1.29, 1.82) is 0 Å². The van der Waals surface area contributed by atoms with Crippen molar-refractivity contribution in [2.45, 2.75) is 191 Å². The zero-order valence-electron chi connectivity index (χ0n) is 40.6. The first-order valence-corrected chi connectivity index (χ1v) is 27.6. The van der Waals surface area contributed by atoms with Gasteiger partial charge in [-0.3, -0.25) is 28.0 Å². The van der Waals surface area contributed by atoms with Crippen LogP contribution in [0.25, 0.3) is 0 Å². The number of phosphoric acid groups is 2. The van der Waals surface area contributed by atoms with Crippen molar-refractivity contribution in [1.82, 2.24) is 0 Å². The Morgan fingerprint density at radius 2 is 1.50 bits per heavy atom. The zero-order chi connectivity index (χ0) is 52.0. The molecule has 1 unspecified atom stereocenters. The Hall–Kier alpha value is -2.97. The molecule has 0 radical (unpaired) electrons. The summed E-state index contributed by atoms with van der Waals surface area (Å²) in [6.07, 6.45) is 11.4. The average molecular weight is 1040 g/mol. The van der Waals surface area contributed by atoms with E-state index in [2.05, 4.69) is 55.5 Å². The Kier molecular flexibility index (Phi) is 31.8. The topological polar surface area (TPSA) is 314 Å². The van der Waals surface area contributed by atoms with Crippen LogP contribution in [0.3, 0.4) is 0 Å². The largest absolute Gasteiger partial charge is 0.472 e. The second-order valence-corrected chi connectivity index (χ2v) is 20.2. The van der Waals surface area contributed by atoms with E-state index in [9.17, 15) is 68.8 Å². The monoisotopic (exact) mass is 1030 g/mol. The molecule has 2 aliphatic rings. The van der Waals surface area contributed by atoms with Crippen molar-refractivity contribution in [2.75, 3.05) is 13.2 Å². The van der Waals surface area contributed by atoms with Gasteiger partial charge in [-0.1, -0.05) is 119 Å². The normalized spacial score (nSPS) is 30.7. The van der Waals surface area contributed by atoms with Crippen LogP contribution in [0.4, 0.5) is 0 Å². The molecule has 1 saturated carbocycles. The molecule has 0 spiro atoms. The third-order valence-corrected chi connectivity index (χ3v) is 13.1. The van der Waals surface area contributed by atoms with E-state index in [4.69, 9.17) is 23.0 Å². The van der Waals surface area contributed by atoms with E-state index in [1.165, 1.54) is 6.08 Å². The molecule has 0 amide bonds. The number of ketones is 1. The standard InChI is InChI=1S/C49H80O19P2/c1-3-5-7-8-9-10-11-12-13-14-15-16-17-18-19-20-26-30-43(54)66-37-34-64-42(53)29-25-22-21-24-28-38-40(51)33-41(52)39(32-31-36(50)27-23-6-4-2)45(56)48(67-69(59,60)61)49(47(58)46(57)44(38)55)68-70(62,63)65-35-37/h5,7,9-10,12-13,15-16,21,24,31-32,36-40,44-51,55-58H,3-4,6,8,11,14,17-20,22-23,25-30,33-35H2,1-2H3,(H,62,63)(H2,59,60,61)/b7-5-,10-9-,13-12-,16-15-,24-21-,32-31+/t36-,37+,38-,39-,40-,44+,45+,46-,47+,48+,49-/m0/s1. The summed E-state index contributed by atoms with van der Waals surface area (Å²) < 4.78 is 52.1. The number of carbonyl (C=O) groups excluding carboxylic acids is 3. The third-order valence-electron chi connectivity index (χ3n) is 11.6. The van der Waals surface area contributed by atoms with Gasteiger partial charge >= 0.3 is 27.6 Å². The maximum atomic E-state index is 13.9. The summed E-state index contributed by atoms with van der Waals surface area (Å²) in [6.45, 7) is 2.39. The van der Waals surface area contributed by atoms with Crippen LogP contribution in [0.5, 0.6) is 0 Å². The van der Waals surface area contributed by atoms with Crippen molar-refractivity contribution in [3.8, 4) is 0 Å². The first-order chi connectivity index (χ1) is 33.3. The quantitative estimate of drug-likeness (QED) is 0.0238. The van der Waals surface area contributed by atoms with E-state index in [-0.39, 0.29) is 38.5 Å². The number of unbranched alkanes of at least 4 members (excludes halogenated alkanes) is 6. The van der Waals surface area contributed by atoms with Gasteiger partial charge in [0.25, 0.3) is 0 Å². The number of ether oxygens (including phenoxy) is 2. The third kappa shape index (κ3) is 26.6. The van der Waals surface area contributed by atoms with E-state index >= 15 is 0 Å². The van der Waals surface area contributed by atoms with Crippen molar-refractivity contribution in [2.24, 2.45) is 11.8 Å². The molecule has 0 aromatic rings. The lowest BCUT2D eigenvalue weighted by molar-refractivity contribution is -0.165. The minimum atomic E-state index is -5.80. The van der Waals surface area contributed by atoms with Gasteiger partial charge in [-0.15, -0.1) is 0 Å². The number of fused-ring (bicyclic) bond motifs is 4. The van der Waals surface area contributed by atoms with Crippen molar-refractivity contribution in [3.05, 3.63) is 72.9 Å². The van der Waals surface area contributed by atoms with Gasteiger partial charge in [-0.2, -0.15) is 0 Å². The second-order valence-electron chi connectivity index (χ2n) is 17.6. The molecule has 1 aliphatic heterocycles. The van der Waals surface area contributed by atoms with Gasteiger partial charge < -0.3 is 54.8 Å². The summed E-state index contributed by atoms with van der Waals surface area (Å²) >= 11 is 0. The van der Waals surface area contributed by atoms with Crippen LogP contribution in [0.2, 0.25) is 0 Å². The first kappa shape index (κ1) is 63.1. The minimum absolute atomic E-state index is 0.0679. The van der Waals surface area contributed by atoms with Gasteiger partial charge in [0.15, 0.2) is 6.10 Å². The second kappa shape index (κ2) is 35.2. The van der Waals surface area contributed by atoms with Gasteiger partial charge in [0.2, 0.25) is 0 Å². The molecule has 1 aliphatic carbocycles. The molecule has 0 aromatic heterocycles. The highest BCUT2D eigenvalue weighted by Crippen LogP contribution is 2.49. The van der Waals surface area contributed by atoms with Crippen molar-refractivity contribution < 1.29 is 91.9 Å². The van der Waals surface area contributed by atoms with E-state index in [0.717, 1.165) is 69.9 Å². The number of esters is 2. The number of hydrogen-bond donors (Lipinski definition) is 9. The minimum Gasteiger partial charge on any atom is -0.462 e. The SMILES string of the molecule is CC/C=C\C/C=C\C/C=C\C/C=C\CCCCCCC(=O)O[C@@H]1COC(=O)CCC/C=C\C[C@@H]2[C@@H](O)[C@H](O)[C@@H](O)[C@H](OP(=O)(O)OC1)[C@H](OP(=O)(O)O)[C@H](O)[C@@H](/C=C/[C@@H](O)CCCCC)C(=O)C[C@@H]2O. The smallest absolute Gasteiger partial charge is 0.462 e. The van der Waals surface area contributed by atoms with E-state index < -0.39 is 120 Å². The molecular formula is C49H80O19P2. The van der Waals surface area contributed by atoms with Crippen LogP contribution in [0.1, 0.15) is 136 Å². The number of aliphatic hydroxyl groups is 6. The predicted molar refractivity (Wildman–Crippen MR) is 260 cm³/mol. The van der Waals surface area contributed by atoms with Gasteiger partial charge in [0, 0.05) is 25.2 Å². The molecule has 2 rings (SSSR count). The predicted octanol–water partition coefficient (Wildman–Crippen LogP) is 6.20. The van der Waals surface area contributed by atoms with Crippen molar-refractivity contribution >= 4 is 33.4 Å². The van der Waals surface area contributed by atoms with Gasteiger partial charge in [-0.05, 0) is 70.6 Å². The molecule has 400 valence electrons. The van der Waals surface area contributed by atoms with E-state index in [1.54, 1.807) is 6.08 Å². The van der Waals surface area contributed by atoms with Crippen LogP contribution >= 0.6 is 15.6 Å². The number of allylic oxidation sites excluding steroid dienone is 10. The highest BCUT2D eigenvalue weighted by molar-refractivity contribution is 7.47. The Morgan fingerprint density at radius 3 is 2.16 bits per heavy atom. The summed E-state index contributed by atoms with van der Waals surface area (Å²) in [6, 6.07) is 0. The summed E-state index contributed by atoms with van der Waals surface area (Å²) in [4.78, 5) is 70.7. The Labute approximate surface area is 412 Å². The summed E-state index contributed by atoms with van der Waals surface area (Å²) in [5.41, 5.74) is 0. The fourth-order valence-corrected chi connectivity index (χ4v) is 9.25. The fourth-order valence-electron chi connectivity index (χ4n) is 7.72. The summed E-state index contributed by atoms with van der Waals surface area (Å²) in [7, 11) is -11.5. The molecule has 70 heavy (non-hydrogen) atoms. The Balaban J connectivity index is 2.33. The molecule has 12 atom stereocenters. The lowest BCUT2D eigenvalue weighted by Crippen LogP contribution is -2.56. The van der Waals surface area contributed by atoms with E-state index in [0.29, 0.717) is 19.3 Å². The maximum absolute atomic E-state index is 13.9. The highest BCUT2D eigenvalue weighted by atomic mass is 31.2. The summed E-state index contributed by atoms with van der Waals surface area (Å²) in [5.74, 6) is -5.86. The lowest BCUT2D eigenvalue weighted by Gasteiger charge is -2.38. The van der Waals surface area contributed by atoms with Crippen LogP contribution in [-0.4, -0.2) is 131 Å². The highest BCUT2D eigenvalue weighted by Gasteiger charge is 2.51. The Bertz CT molecular complexity index is 1790. The van der Waals surface area contributed by atoms with Crippen molar-refractivity contribution in [3.63, 3.8) is 0 Å².